The number of nitrogens with zero attached hydrogens (tertiary/aromatic N) is 1. The van der Waals surface area contributed by atoms with Crippen molar-refractivity contribution in [2.24, 2.45) is 0 Å². The molecule has 0 aliphatic carbocycles. The summed E-state index contributed by atoms with van der Waals surface area (Å²) in [6.45, 7) is 2.87. The predicted molar refractivity (Wildman–Crippen MR) is 76.8 cm³/mol. The second-order valence-corrected chi connectivity index (χ2v) is 4.70. The normalized spacial score (nSPS) is 12.3. The van der Waals surface area contributed by atoms with E-state index in [2.05, 4.69) is 28.5 Å². The lowest BCUT2D eigenvalue weighted by atomic mass is 10.1. The lowest BCUT2D eigenvalue weighted by molar-refractivity contribution is 0.240. The van der Waals surface area contributed by atoms with Crippen LogP contribution in [0.5, 0.6) is 0 Å². The first-order chi connectivity index (χ1) is 9.29. The molecule has 0 fully saturated rings. The molecule has 3 nitrogen and oxygen atoms in total. The maximum atomic E-state index is 9.46. The Labute approximate surface area is 114 Å². The quantitative estimate of drug-likeness (QED) is 0.832. The van der Waals surface area contributed by atoms with Crippen molar-refractivity contribution in [2.45, 2.75) is 25.9 Å². The fourth-order valence-corrected chi connectivity index (χ4v) is 2.06. The Hall–Kier alpha value is -1.71. The first-order valence-electron chi connectivity index (χ1n) is 6.58. The molecule has 2 N–H and O–H groups in total. The van der Waals surface area contributed by atoms with E-state index < -0.39 is 0 Å². The Morgan fingerprint density at radius 3 is 2.63 bits per heavy atom. The van der Waals surface area contributed by atoms with Crippen LogP contribution >= 0.6 is 0 Å². The third-order valence-electron chi connectivity index (χ3n) is 3.24. The minimum atomic E-state index is 0.0713. The van der Waals surface area contributed by atoms with Crippen molar-refractivity contribution in [3.8, 4) is 0 Å². The lowest BCUT2D eigenvalue weighted by Crippen LogP contribution is -2.34. The topological polar surface area (TPSA) is 45.2 Å². The highest BCUT2D eigenvalue weighted by molar-refractivity contribution is 5.19. The number of aliphatic hydroxyl groups is 1. The monoisotopic (exact) mass is 256 g/mol. The fraction of sp³-hybridized carbons (Fsp3) is 0.312. The summed E-state index contributed by atoms with van der Waals surface area (Å²) in [5, 5.41) is 12.8. The summed E-state index contributed by atoms with van der Waals surface area (Å²) >= 11 is 0. The van der Waals surface area contributed by atoms with Crippen LogP contribution in [0, 0.1) is 6.92 Å². The summed E-state index contributed by atoms with van der Waals surface area (Å²) < 4.78 is 0. The first-order valence-corrected chi connectivity index (χ1v) is 6.58. The summed E-state index contributed by atoms with van der Waals surface area (Å²) in [6, 6.07) is 14.3. The highest BCUT2D eigenvalue weighted by Crippen LogP contribution is 2.06. The summed E-state index contributed by atoms with van der Waals surface area (Å²) in [7, 11) is 0. The minimum Gasteiger partial charge on any atom is -0.395 e. The largest absolute Gasteiger partial charge is 0.395 e. The number of rotatable bonds is 6. The van der Waals surface area contributed by atoms with E-state index in [9.17, 15) is 5.11 Å². The van der Waals surface area contributed by atoms with Crippen LogP contribution in [0.1, 0.15) is 16.8 Å². The van der Waals surface area contributed by atoms with Crippen LogP contribution in [0.25, 0.3) is 0 Å². The summed E-state index contributed by atoms with van der Waals surface area (Å²) in [4.78, 5) is 4.26. The smallest absolute Gasteiger partial charge is 0.0587 e. The molecule has 1 atom stereocenters. The number of aryl methyl sites for hydroxylation is 1. The van der Waals surface area contributed by atoms with Gasteiger partial charge in [0.2, 0.25) is 0 Å². The van der Waals surface area contributed by atoms with Gasteiger partial charge in [-0.15, -0.1) is 0 Å². The van der Waals surface area contributed by atoms with Crippen molar-refractivity contribution in [1.82, 2.24) is 10.3 Å². The van der Waals surface area contributed by atoms with Gasteiger partial charge in [0.25, 0.3) is 0 Å². The number of aliphatic hydroxyl groups excluding tert-OH is 1. The fourth-order valence-electron chi connectivity index (χ4n) is 2.06. The molecular formula is C16H20N2O. The third kappa shape index (κ3) is 4.16. The van der Waals surface area contributed by atoms with E-state index in [1.165, 1.54) is 11.1 Å². The number of hydrogen-bond acceptors (Lipinski definition) is 3. The molecule has 0 spiro atoms. The zero-order valence-corrected chi connectivity index (χ0v) is 11.2. The van der Waals surface area contributed by atoms with Gasteiger partial charge in [0.05, 0.1) is 6.61 Å². The molecule has 19 heavy (non-hydrogen) atoms. The average Bonchev–Trinajstić information content (AvgIpc) is 2.46. The van der Waals surface area contributed by atoms with E-state index in [4.69, 9.17) is 0 Å². The SMILES string of the molecule is Cc1ncccc1CN[C@@H](CO)Cc1ccccc1. The van der Waals surface area contributed by atoms with Crippen LogP contribution in [-0.2, 0) is 13.0 Å². The average molecular weight is 256 g/mol. The van der Waals surface area contributed by atoms with E-state index in [1.807, 2.05) is 31.2 Å². The van der Waals surface area contributed by atoms with Gasteiger partial charge in [0, 0.05) is 24.5 Å². The molecule has 2 aromatic rings. The lowest BCUT2D eigenvalue weighted by Gasteiger charge is -2.17. The molecule has 0 unspecified atom stereocenters. The minimum absolute atomic E-state index is 0.0713. The number of pyridine rings is 1. The molecule has 1 aromatic heterocycles. The second kappa shape index (κ2) is 7.02. The molecule has 100 valence electrons. The first kappa shape index (κ1) is 13.7. The maximum Gasteiger partial charge on any atom is 0.0587 e. The Kier molecular flexibility index (Phi) is 5.07. The van der Waals surface area contributed by atoms with E-state index in [1.54, 1.807) is 6.20 Å². The van der Waals surface area contributed by atoms with Crippen LogP contribution in [0.15, 0.2) is 48.7 Å². The highest BCUT2D eigenvalue weighted by atomic mass is 16.3. The predicted octanol–water partition coefficient (Wildman–Crippen LogP) is 2.08. The van der Waals surface area contributed by atoms with Crippen LogP contribution in [0.3, 0.4) is 0 Å². The van der Waals surface area contributed by atoms with Crippen LogP contribution in [0.2, 0.25) is 0 Å². The van der Waals surface area contributed by atoms with E-state index in [0.29, 0.717) is 0 Å². The van der Waals surface area contributed by atoms with Gasteiger partial charge in [0.15, 0.2) is 0 Å². The van der Waals surface area contributed by atoms with Gasteiger partial charge in [-0.3, -0.25) is 4.98 Å². The number of nitrogens with one attached hydrogen (secondary N) is 1. The van der Waals surface area contributed by atoms with Crippen molar-refractivity contribution >= 4 is 0 Å². The van der Waals surface area contributed by atoms with Crippen molar-refractivity contribution in [3.63, 3.8) is 0 Å². The van der Waals surface area contributed by atoms with Crippen LogP contribution < -0.4 is 5.32 Å². The molecule has 1 aromatic carbocycles. The van der Waals surface area contributed by atoms with Crippen molar-refractivity contribution < 1.29 is 5.11 Å². The number of aromatic nitrogens is 1. The van der Waals surface area contributed by atoms with E-state index in [0.717, 1.165) is 18.7 Å². The van der Waals surface area contributed by atoms with E-state index >= 15 is 0 Å². The molecule has 3 heteroatoms. The van der Waals surface area contributed by atoms with Gasteiger partial charge >= 0.3 is 0 Å². The van der Waals surface area contributed by atoms with Crippen molar-refractivity contribution in [1.29, 1.82) is 0 Å². The summed E-state index contributed by atoms with van der Waals surface area (Å²) in [6.07, 6.45) is 2.63. The molecule has 0 radical (unpaired) electrons. The summed E-state index contributed by atoms with van der Waals surface area (Å²) in [5.41, 5.74) is 3.44. The van der Waals surface area contributed by atoms with E-state index in [-0.39, 0.29) is 12.6 Å². The Morgan fingerprint density at radius 2 is 1.95 bits per heavy atom. The van der Waals surface area contributed by atoms with Crippen LogP contribution in [-0.4, -0.2) is 22.7 Å². The molecule has 0 saturated carbocycles. The molecule has 2 rings (SSSR count). The van der Waals surface area contributed by atoms with Crippen molar-refractivity contribution in [2.75, 3.05) is 6.61 Å². The van der Waals surface area contributed by atoms with Gasteiger partial charge in [0.1, 0.15) is 0 Å². The van der Waals surface area contributed by atoms with Gasteiger partial charge in [-0.25, -0.2) is 0 Å². The van der Waals surface area contributed by atoms with Gasteiger partial charge < -0.3 is 10.4 Å². The van der Waals surface area contributed by atoms with Crippen LogP contribution in [0.4, 0.5) is 0 Å². The molecule has 0 amide bonds. The molecule has 1 heterocycles. The molecule has 0 aliphatic rings. The number of benzene rings is 1. The zero-order valence-electron chi connectivity index (χ0n) is 11.2. The molecule has 0 saturated heterocycles. The molecule has 0 bridgehead atoms. The Morgan fingerprint density at radius 1 is 1.16 bits per heavy atom. The van der Waals surface area contributed by atoms with Gasteiger partial charge in [-0.1, -0.05) is 36.4 Å². The third-order valence-corrected chi connectivity index (χ3v) is 3.24. The van der Waals surface area contributed by atoms with Crippen molar-refractivity contribution in [3.05, 3.63) is 65.5 Å². The standard InChI is InChI=1S/C16H20N2O/c1-13-15(8-5-9-17-13)11-18-16(12-19)10-14-6-3-2-4-7-14/h2-9,16,18-19H,10-12H2,1H3/t16-/m1/s1. The second-order valence-electron chi connectivity index (χ2n) is 4.70. The van der Waals surface area contributed by atoms with Gasteiger partial charge in [-0.2, -0.15) is 0 Å². The maximum absolute atomic E-state index is 9.46. The summed E-state index contributed by atoms with van der Waals surface area (Å²) in [5.74, 6) is 0. The molecule has 0 aliphatic heterocycles. The number of hydrogen-bond donors (Lipinski definition) is 2. The Balaban J connectivity index is 1.91. The highest BCUT2D eigenvalue weighted by Gasteiger charge is 2.08. The van der Waals surface area contributed by atoms with Gasteiger partial charge in [-0.05, 0) is 30.5 Å². The zero-order chi connectivity index (χ0) is 13.5. The Bertz CT molecular complexity index is 499. The molecular weight excluding hydrogens is 236 g/mol.